The maximum atomic E-state index is 11.9. The Hall–Kier alpha value is -2.34. The number of carbonyl (C=O) groups excluding carboxylic acids is 1. The Morgan fingerprint density at radius 1 is 1.40 bits per heavy atom. The Bertz CT molecular complexity index is 594. The molecule has 0 atom stereocenters. The minimum Gasteiger partial charge on any atom is -0.395 e. The average molecular weight is 274 g/mol. The smallest absolute Gasteiger partial charge is 0.322 e. The number of para-hydroxylation sites is 1. The van der Waals surface area contributed by atoms with Crippen molar-refractivity contribution in [1.29, 1.82) is 0 Å². The lowest BCUT2D eigenvalue weighted by Gasteiger charge is -2.17. The van der Waals surface area contributed by atoms with Gasteiger partial charge in [0, 0.05) is 19.7 Å². The Balaban J connectivity index is 2.22. The van der Waals surface area contributed by atoms with Crippen LogP contribution in [0.5, 0.6) is 0 Å². The van der Waals surface area contributed by atoms with Crippen molar-refractivity contribution in [2.24, 2.45) is 0 Å². The van der Waals surface area contributed by atoms with Crippen molar-refractivity contribution in [3.05, 3.63) is 42.1 Å². The number of hydrogen-bond acceptors (Lipinski definition) is 3. The second-order valence-corrected chi connectivity index (χ2v) is 4.49. The van der Waals surface area contributed by atoms with E-state index in [4.69, 9.17) is 5.11 Å². The van der Waals surface area contributed by atoms with Gasteiger partial charge in [-0.1, -0.05) is 18.2 Å². The molecule has 0 bridgehead atoms. The van der Waals surface area contributed by atoms with Gasteiger partial charge in [-0.15, -0.1) is 0 Å². The number of aliphatic hydroxyl groups excluding tert-OH is 1. The molecule has 6 heteroatoms. The molecule has 0 saturated heterocycles. The third-order valence-electron chi connectivity index (χ3n) is 3.00. The summed E-state index contributed by atoms with van der Waals surface area (Å²) in [6.45, 7) is 2.20. The molecular formula is C14H18N4O2. The molecule has 1 aromatic carbocycles. The molecule has 2 N–H and O–H groups in total. The predicted octanol–water partition coefficient (Wildman–Crippen LogP) is 1.64. The van der Waals surface area contributed by atoms with E-state index in [1.807, 2.05) is 31.2 Å². The molecule has 0 radical (unpaired) electrons. The van der Waals surface area contributed by atoms with Gasteiger partial charge >= 0.3 is 6.03 Å². The molecule has 0 saturated carbocycles. The van der Waals surface area contributed by atoms with E-state index in [0.717, 1.165) is 11.3 Å². The number of nitrogens with one attached hydrogen (secondary N) is 1. The van der Waals surface area contributed by atoms with Crippen molar-refractivity contribution in [2.45, 2.75) is 6.92 Å². The zero-order chi connectivity index (χ0) is 14.5. The molecule has 0 aliphatic carbocycles. The number of amides is 2. The van der Waals surface area contributed by atoms with Gasteiger partial charge in [0.1, 0.15) is 5.82 Å². The SMILES string of the molecule is Cc1ccccc1-n1nccc1NC(=O)N(C)CCO. The number of aromatic nitrogens is 2. The van der Waals surface area contributed by atoms with E-state index in [1.165, 1.54) is 4.90 Å². The second-order valence-electron chi connectivity index (χ2n) is 4.49. The highest BCUT2D eigenvalue weighted by Crippen LogP contribution is 2.18. The molecule has 0 spiro atoms. The molecule has 6 nitrogen and oxygen atoms in total. The summed E-state index contributed by atoms with van der Waals surface area (Å²) in [6, 6.07) is 9.25. The Labute approximate surface area is 117 Å². The Morgan fingerprint density at radius 3 is 2.85 bits per heavy atom. The molecule has 0 aliphatic heterocycles. The number of likely N-dealkylation sites (N-methyl/N-ethyl adjacent to an activating group) is 1. The zero-order valence-corrected chi connectivity index (χ0v) is 11.6. The first-order valence-corrected chi connectivity index (χ1v) is 6.36. The maximum Gasteiger partial charge on any atom is 0.322 e. The summed E-state index contributed by atoms with van der Waals surface area (Å²) in [5, 5.41) is 15.9. The second kappa shape index (κ2) is 6.21. The maximum absolute atomic E-state index is 11.9. The van der Waals surface area contributed by atoms with Gasteiger partial charge in [-0.25, -0.2) is 9.48 Å². The van der Waals surface area contributed by atoms with E-state index < -0.39 is 0 Å². The summed E-state index contributed by atoms with van der Waals surface area (Å²) in [7, 11) is 1.63. The summed E-state index contributed by atoms with van der Waals surface area (Å²) in [4.78, 5) is 13.3. The van der Waals surface area contributed by atoms with Gasteiger partial charge in [0.15, 0.2) is 0 Å². The van der Waals surface area contributed by atoms with E-state index in [9.17, 15) is 4.79 Å². The molecular weight excluding hydrogens is 256 g/mol. The minimum atomic E-state index is -0.283. The molecule has 1 heterocycles. The predicted molar refractivity (Wildman–Crippen MR) is 77.0 cm³/mol. The quantitative estimate of drug-likeness (QED) is 0.890. The van der Waals surface area contributed by atoms with Crippen LogP contribution >= 0.6 is 0 Å². The van der Waals surface area contributed by atoms with Gasteiger partial charge in [-0.3, -0.25) is 5.32 Å². The summed E-state index contributed by atoms with van der Waals surface area (Å²) in [5.74, 6) is 0.592. The van der Waals surface area contributed by atoms with Crippen LogP contribution in [-0.2, 0) is 0 Å². The van der Waals surface area contributed by atoms with Gasteiger partial charge < -0.3 is 10.0 Å². The number of nitrogens with zero attached hydrogens (tertiary/aromatic N) is 3. The van der Waals surface area contributed by atoms with Crippen molar-refractivity contribution in [2.75, 3.05) is 25.5 Å². The third kappa shape index (κ3) is 2.97. The van der Waals surface area contributed by atoms with E-state index in [0.29, 0.717) is 5.82 Å². The van der Waals surface area contributed by atoms with Crippen LogP contribution in [0.4, 0.5) is 10.6 Å². The molecule has 1 aromatic heterocycles. The fraction of sp³-hybridized carbons (Fsp3) is 0.286. The van der Waals surface area contributed by atoms with Crippen LogP contribution < -0.4 is 5.32 Å². The number of anilines is 1. The van der Waals surface area contributed by atoms with Gasteiger partial charge in [-0.2, -0.15) is 5.10 Å². The van der Waals surface area contributed by atoms with Crippen molar-refractivity contribution in [1.82, 2.24) is 14.7 Å². The van der Waals surface area contributed by atoms with Crippen molar-refractivity contribution in [3.8, 4) is 5.69 Å². The summed E-state index contributed by atoms with van der Waals surface area (Å²) in [6.07, 6.45) is 1.63. The van der Waals surface area contributed by atoms with Crippen LogP contribution in [0.15, 0.2) is 36.5 Å². The van der Waals surface area contributed by atoms with Gasteiger partial charge in [-0.05, 0) is 18.6 Å². The highest BCUT2D eigenvalue weighted by atomic mass is 16.3. The van der Waals surface area contributed by atoms with Crippen molar-refractivity contribution < 1.29 is 9.90 Å². The van der Waals surface area contributed by atoms with Crippen LogP contribution in [0.2, 0.25) is 0 Å². The number of aryl methyl sites for hydroxylation is 1. The first-order valence-electron chi connectivity index (χ1n) is 6.36. The normalized spacial score (nSPS) is 10.3. The zero-order valence-electron chi connectivity index (χ0n) is 11.6. The highest BCUT2D eigenvalue weighted by molar-refractivity contribution is 5.88. The van der Waals surface area contributed by atoms with E-state index in [1.54, 1.807) is 24.0 Å². The lowest BCUT2D eigenvalue weighted by molar-refractivity contribution is 0.202. The molecule has 2 aromatic rings. The molecule has 0 unspecified atom stereocenters. The topological polar surface area (TPSA) is 70.4 Å². The molecule has 0 aliphatic rings. The lowest BCUT2D eigenvalue weighted by atomic mass is 10.2. The van der Waals surface area contributed by atoms with Gasteiger partial charge in [0.05, 0.1) is 18.5 Å². The number of benzene rings is 1. The standard InChI is InChI=1S/C14H18N4O2/c1-11-5-3-4-6-12(11)18-13(7-8-15-18)16-14(20)17(2)9-10-19/h3-8,19H,9-10H2,1-2H3,(H,16,20). The summed E-state index contributed by atoms with van der Waals surface area (Å²) in [5.41, 5.74) is 1.98. The monoisotopic (exact) mass is 274 g/mol. The lowest BCUT2D eigenvalue weighted by Crippen LogP contribution is -2.34. The van der Waals surface area contributed by atoms with Crippen molar-refractivity contribution in [3.63, 3.8) is 0 Å². The van der Waals surface area contributed by atoms with E-state index in [2.05, 4.69) is 10.4 Å². The fourth-order valence-corrected chi connectivity index (χ4v) is 1.85. The Morgan fingerprint density at radius 2 is 2.15 bits per heavy atom. The number of aliphatic hydroxyl groups is 1. The molecule has 2 amide bonds. The fourth-order valence-electron chi connectivity index (χ4n) is 1.85. The number of carbonyl (C=O) groups is 1. The van der Waals surface area contributed by atoms with Crippen LogP contribution in [0.25, 0.3) is 5.69 Å². The van der Waals surface area contributed by atoms with Crippen LogP contribution in [0.1, 0.15) is 5.56 Å². The summed E-state index contributed by atoms with van der Waals surface area (Å²) >= 11 is 0. The number of hydrogen-bond donors (Lipinski definition) is 2. The molecule has 20 heavy (non-hydrogen) atoms. The van der Waals surface area contributed by atoms with Gasteiger partial charge in [0.2, 0.25) is 0 Å². The first-order chi connectivity index (χ1) is 9.63. The van der Waals surface area contributed by atoms with Crippen molar-refractivity contribution >= 4 is 11.8 Å². The first kappa shape index (κ1) is 14.1. The highest BCUT2D eigenvalue weighted by Gasteiger charge is 2.12. The molecule has 2 rings (SSSR count). The van der Waals surface area contributed by atoms with Crippen LogP contribution in [-0.4, -0.2) is 46.0 Å². The number of urea groups is 1. The number of rotatable bonds is 4. The average Bonchev–Trinajstić information content (AvgIpc) is 2.87. The largest absolute Gasteiger partial charge is 0.395 e. The Kier molecular flexibility index (Phi) is 4.37. The van der Waals surface area contributed by atoms with Crippen LogP contribution in [0.3, 0.4) is 0 Å². The molecule has 0 fully saturated rings. The van der Waals surface area contributed by atoms with Crippen LogP contribution in [0, 0.1) is 6.92 Å². The van der Waals surface area contributed by atoms with E-state index >= 15 is 0 Å². The van der Waals surface area contributed by atoms with E-state index in [-0.39, 0.29) is 19.2 Å². The summed E-state index contributed by atoms with van der Waals surface area (Å²) < 4.78 is 1.68. The van der Waals surface area contributed by atoms with Gasteiger partial charge in [0.25, 0.3) is 0 Å². The molecule has 106 valence electrons. The minimum absolute atomic E-state index is 0.0685. The third-order valence-corrected chi connectivity index (χ3v) is 3.00.